The molecule has 4 nitrogen and oxygen atoms in total. The number of aromatic carboxylic acids is 1. The second-order valence-electron chi connectivity index (χ2n) is 4.41. The van der Waals surface area contributed by atoms with Crippen molar-refractivity contribution in [3.05, 3.63) is 63.9 Å². The Balaban J connectivity index is 2.27. The lowest BCUT2D eigenvalue weighted by Crippen LogP contribution is -2.14. The molecule has 0 aliphatic rings. The lowest BCUT2D eigenvalue weighted by Gasteiger charge is -2.10. The zero-order valence-electron chi connectivity index (χ0n) is 11.0. The lowest BCUT2D eigenvalue weighted by atomic mass is 10.1. The Kier molecular flexibility index (Phi) is 4.23. The molecular weight excluding hydrogens is 297 g/mol. The number of anilines is 1. The number of carboxylic acids is 1. The Labute approximate surface area is 125 Å². The van der Waals surface area contributed by atoms with Gasteiger partial charge >= 0.3 is 5.97 Å². The molecule has 0 saturated heterocycles. The van der Waals surface area contributed by atoms with E-state index in [-0.39, 0.29) is 16.1 Å². The summed E-state index contributed by atoms with van der Waals surface area (Å²) in [5.74, 6) is -2.18. The highest BCUT2D eigenvalue weighted by Crippen LogP contribution is 2.21. The summed E-state index contributed by atoms with van der Waals surface area (Å²) < 4.78 is 13.2. The maximum Gasteiger partial charge on any atom is 0.335 e. The fraction of sp³-hybridized carbons (Fsp3) is 0.0667. The summed E-state index contributed by atoms with van der Waals surface area (Å²) in [7, 11) is 0. The minimum Gasteiger partial charge on any atom is -0.478 e. The molecule has 0 aromatic heterocycles. The van der Waals surface area contributed by atoms with Crippen LogP contribution in [0.3, 0.4) is 0 Å². The van der Waals surface area contributed by atoms with Gasteiger partial charge in [0.1, 0.15) is 5.82 Å². The van der Waals surface area contributed by atoms with Crippen molar-refractivity contribution in [2.75, 3.05) is 5.32 Å². The Morgan fingerprint density at radius 1 is 1.19 bits per heavy atom. The van der Waals surface area contributed by atoms with Crippen LogP contribution < -0.4 is 5.32 Å². The number of rotatable bonds is 3. The minimum absolute atomic E-state index is 0.0124. The minimum atomic E-state index is -1.05. The number of halogens is 2. The Morgan fingerprint density at radius 2 is 1.90 bits per heavy atom. The van der Waals surface area contributed by atoms with E-state index in [0.717, 1.165) is 12.1 Å². The van der Waals surface area contributed by atoms with E-state index in [4.69, 9.17) is 16.7 Å². The van der Waals surface area contributed by atoms with Crippen molar-refractivity contribution in [1.82, 2.24) is 0 Å². The molecule has 0 unspecified atom stereocenters. The summed E-state index contributed by atoms with van der Waals surface area (Å²) in [6.45, 7) is 1.66. The number of carbonyl (C=O) groups is 2. The molecule has 6 heteroatoms. The molecule has 0 radical (unpaired) electrons. The number of carboxylic acid groups (broad SMARTS) is 1. The second-order valence-corrected chi connectivity index (χ2v) is 4.82. The fourth-order valence-electron chi connectivity index (χ4n) is 1.80. The topological polar surface area (TPSA) is 66.4 Å². The van der Waals surface area contributed by atoms with Crippen molar-refractivity contribution < 1.29 is 19.1 Å². The molecule has 0 fully saturated rings. The molecule has 1 amide bonds. The van der Waals surface area contributed by atoms with Crippen LogP contribution in [0.5, 0.6) is 0 Å². The van der Waals surface area contributed by atoms with Gasteiger partial charge in [0, 0.05) is 5.69 Å². The molecule has 2 aromatic carbocycles. The molecule has 0 atom stereocenters. The van der Waals surface area contributed by atoms with Crippen molar-refractivity contribution in [3.8, 4) is 0 Å². The van der Waals surface area contributed by atoms with Crippen LogP contribution in [0.15, 0.2) is 36.4 Å². The number of benzene rings is 2. The van der Waals surface area contributed by atoms with Gasteiger partial charge in [-0.2, -0.15) is 0 Å². The first-order valence-corrected chi connectivity index (χ1v) is 6.36. The van der Waals surface area contributed by atoms with Crippen LogP contribution in [-0.2, 0) is 0 Å². The van der Waals surface area contributed by atoms with Gasteiger partial charge in [0.15, 0.2) is 0 Å². The van der Waals surface area contributed by atoms with Crippen LogP contribution in [0.4, 0.5) is 10.1 Å². The van der Waals surface area contributed by atoms with E-state index in [2.05, 4.69) is 5.32 Å². The molecule has 2 rings (SSSR count). The molecule has 108 valence electrons. The standard InChI is InChI=1S/C15H11ClFNO3/c1-8-6-9(15(20)21)2-5-13(8)18-14(19)11-7-10(17)3-4-12(11)16/h2-7H,1H3,(H,18,19)(H,20,21). The predicted octanol–water partition coefficient (Wildman–Crippen LogP) is 3.74. The Morgan fingerprint density at radius 3 is 2.52 bits per heavy atom. The number of carbonyl (C=O) groups excluding carboxylic acids is 1. The van der Waals surface area contributed by atoms with Crippen LogP contribution in [0.1, 0.15) is 26.3 Å². The van der Waals surface area contributed by atoms with Gasteiger partial charge in [0.2, 0.25) is 0 Å². The van der Waals surface area contributed by atoms with E-state index >= 15 is 0 Å². The van der Waals surface area contributed by atoms with Gasteiger partial charge in [0.05, 0.1) is 16.1 Å². The van der Waals surface area contributed by atoms with Gasteiger partial charge in [-0.05, 0) is 48.9 Å². The van der Waals surface area contributed by atoms with E-state index in [1.807, 2.05) is 0 Å². The van der Waals surface area contributed by atoms with Gasteiger partial charge in [-0.25, -0.2) is 9.18 Å². The molecule has 0 bridgehead atoms. The SMILES string of the molecule is Cc1cc(C(=O)O)ccc1NC(=O)c1cc(F)ccc1Cl. The van der Waals surface area contributed by atoms with Crippen LogP contribution >= 0.6 is 11.6 Å². The third kappa shape index (κ3) is 3.38. The summed E-state index contributed by atoms with van der Waals surface area (Å²) in [5, 5.41) is 11.6. The summed E-state index contributed by atoms with van der Waals surface area (Å²) in [5.41, 5.74) is 1.15. The molecule has 0 spiro atoms. The van der Waals surface area contributed by atoms with Crippen molar-refractivity contribution in [2.45, 2.75) is 6.92 Å². The monoisotopic (exact) mass is 307 g/mol. The summed E-state index contributed by atoms with van der Waals surface area (Å²) in [6.07, 6.45) is 0. The summed E-state index contributed by atoms with van der Waals surface area (Å²) in [6, 6.07) is 7.78. The maximum absolute atomic E-state index is 13.2. The highest BCUT2D eigenvalue weighted by atomic mass is 35.5. The fourth-order valence-corrected chi connectivity index (χ4v) is 2.00. The highest BCUT2D eigenvalue weighted by Gasteiger charge is 2.13. The molecule has 0 aliphatic heterocycles. The molecule has 0 aliphatic carbocycles. The Bertz CT molecular complexity index is 731. The van der Waals surface area contributed by atoms with E-state index in [0.29, 0.717) is 11.3 Å². The molecule has 21 heavy (non-hydrogen) atoms. The average molecular weight is 308 g/mol. The van der Waals surface area contributed by atoms with Gasteiger partial charge in [-0.3, -0.25) is 4.79 Å². The first-order valence-electron chi connectivity index (χ1n) is 5.99. The largest absolute Gasteiger partial charge is 0.478 e. The molecule has 2 N–H and O–H groups in total. The van der Waals surface area contributed by atoms with Gasteiger partial charge in [-0.15, -0.1) is 0 Å². The molecule has 2 aromatic rings. The average Bonchev–Trinajstić information content (AvgIpc) is 2.43. The van der Waals surface area contributed by atoms with E-state index in [1.165, 1.54) is 24.3 Å². The maximum atomic E-state index is 13.2. The van der Waals surface area contributed by atoms with Crippen molar-refractivity contribution in [2.24, 2.45) is 0 Å². The third-order valence-corrected chi connectivity index (χ3v) is 3.22. The summed E-state index contributed by atoms with van der Waals surface area (Å²) in [4.78, 5) is 22.9. The quantitative estimate of drug-likeness (QED) is 0.907. The zero-order chi connectivity index (χ0) is 15.6. The van der Waals surface area contributed by atoms with E-state index in [1.54, 1.807) is 6.92 Å². The van der Waals surface area contributed by atoms with Crippen molar-refractivity contribution in [1.29, 1.82) is 0 Å². The number of hydrogen-bond donors (Lipinski definition) is 2. The molecule has 0 saturated carbocycles. The van der Waals surface area contributed by atoms with Gasteiger partial charge in [0.25, 0.3) is 5.91 Å². The van der Waals surface area contributed by atoms with Crippen LogP contribution in [0.25, 0.3) is 0 Å². The van der Waals surface area contributed by atoms with Crippen LogP contribution in [0, 0.1) is 12.7 Å². The second kappa shape index (κ2) is 5.93. The number of hydrogen-bond acceptors (Lipinski definition) is 2. The number of amides is 1. The number of aryl methyl sites for hydroxylation is 1. The summed E-state index contributed by atoms with van der Waals surface area (Å²) >= 11 is 5.86. The molecule has 0 heterocycles. The zero-order valence-corrected chi connectivity index (χ0v) is 11.7. The predicted molar refractivity (Wildman–Crippen MR) is 77.5 cm³/mol. The highest BCUT2D eigenvalue weighted by molar-refractivity contribution is 6.34. The molecular formula is C15H11ClFNO3. The van der Waals surface area contributed by atoms with E-state index < -0.39 is 17.7 Å². The first-order chi connectivity index (χ1) is 9.88. The van der Waals surface area contributed by atoms with Crippen molar-refractivity contribution >= 4 is 29.2 Å². The van der Waals surface area contributed by atoms with Crippen LogP contribution in [-0.4, -0.2) is 17.0 Å². The smallest absolute Gasteiger partial charge is 0.335 e. The first kappa shape index (κ1) is 15.0. The van der Waals surface area contributed by atoms with Gasteiger partial charge < -0.3 is 10.4 Å². The normalized spacial score (nSPS) is 10.2. The van der Waals surface area contributed by atoms with Gasteiger partial charge in [-0.1, -0.05) is 11.6 Å². The number of nitrogens with one attached hydrogen (secondary N) is 1. The Hall–Kier alpha value is -2.40. The van der Waals surface area contributed by atoms with Crippen molar-refractivity contribution in [3.63, 3.8) is 0 Å². The van der Waals surface area contributed by atoms with Crippen LogP contribution in [0.2, 0.25) is 5.02 Å². The lowest BCUT2D eigenvalue weighted by molar-refractivity contribution is 0.0696. The van der Waals surface area contributed by atoms with E-state index in [9.17, 15) is 14.0 Å². The third-order valence-electron chi connectivity index (χ3n) is 2.89.